The second kappa shape index (κ2) is 6.98. The van der Waals surface area contributed by atoms with Crippen LogP contribution in [0.5, 0.6) is 0 Å². The van der Waals surface area contributed by atoms with Crippen molar-refractivity contribution in [1.82, 2.24) is 10.2 Å². The molecule has 4 rings (SSSR count). The van der Waals surface area contributed by atoms with Crippen LogP contribution in [0, 0.1) is 0 Å². The van der Waals surface area contributed by atoms with Gasteiger partial charge in [-0.25, -0.2) is 0 Å². The van der Waals surface area contributed by atoms with Crippen LogP contribution in [0.25, 0.3) is 22.2 Å². The van der Waals surface area contributed by atoms with Gasteiger partial charge in [0.1, 0.15) is 0 Å². The molecule has 0 fully saturated rings. The lowest BCUT2D eigenvalue weighted by Gasteiger charge is -2.03. The maximum Gasteiger partial charge on any atom is 0.322 e. The number of carbonyl (C=O) groups is 1. The van der Waals surface area contributed by atoms with E-state index in [9.17, 15) is 4.79 Å². The van der Waals surface area contributed by atoms with E-state index in [-0.39, 0.29) is 18.3 Å². The van der Waals surface area contributed by atoms with E-state index >= 15 is 0 Å². The zero-order valence-corrected chi connectivity index (χ0v) is 14.4. The van der Waals surface area contributed by atoms with Crippen molar-refractivity contribution in [2.45, 2.75) is 6.42 Å². The van der Waals surface area contributed by atoms with Crippen molar-refractivity contribution in [3.63, 3.8) is 0 Å². The quantitative estimate of drug-likeness (QED) is 0.569. The summed E-state index contributed by atoms with van der Waals surface area (Å²) in [5, 5.41) is 13.2. The summed E-state index contributed by atoms with van der Waals surface area (Å²) in [4.78, 5) is 12.3. The molecular weight excluding hydrogens is 350 g/mol. The zero-order valence-electron chi connectivity index (χ0n) is 13.6. The van der Waals surface area contributed by atoms with E-state index < -0.39 is 0 Å². The number of hydrogen-bond acceptors (Lipinski definition) is 4. The van der Waals surface area contributed by atoms with Crippen molar-refractivity contribution in [1.29, 1.82) is 0 Å². The third-order valence-electron chi connectivity index (χ3n) is 3.92. The van der Waals surface area contributed by atoms with Gasteiger partial charge in [0.2, 0.25) is 11.8 Å². The highest BCUT2D eigenvalue weighted by atomic mass is 35.5. The predicted octanol–water partition coefficient (Wildman–Crippen LogP) is 4.72. The van der Waals surface area contributed by atoms with Crippen molar-refractivity contribution in [2.24, 2.45) is 0 Å². The van der Waals surface area contributed by atoms with E-state index in [2.05, 4.69) is 15.5 Å². The summed E-state index contributed by atoms with van der Waals surface area (Å²) >= 11 is 5.96. The highest BCUT2D eigenvalue weighted by Gasteiger charge is 2.12. The number of hydrogen-bond donors (Lipinski definition) is 1. The molecule has 0 aliphatic rings. The number of aromatic nitrogens is 2. The molecule has 26 heavy (non-hydrogen) atoms. The Morgan fingerprint density at radius 2 is 1.81 bits per heavy atom. The van der Waals surface area contributed by atoms with E-state index in [1.807, 2.05) is 42.5 Å². The van der Waals surface area contributed by atoms with Gasteiger partial charge in [0.05, 0.1) is 6.42 Å². The maximum absolute atomic E-state index is 12.3. The number of rotatable bonds is 4. The molecular formula is C20H14ClN3O2. The van der Waals surface area contributed by atoms with Crippen molar-refractivity contribution in [3.05, 3.63) is 77.3 Å². The molecule has 0 atom stereocenters. The minimum atomic E-state index is -0.221. The first kappa shape index (κ1) is 16.3. The monoisotopic (exact) mass is 363 g/mol. The number of anilines is 1. The van der Waals surface area contributed by atoms with Crippen molar-refractivity contribution in [3.8, 4) is 11.5 Å². The van der Waals surface area contributed by atoms with E-state index in [0.717, 1.165) is 16.3 Å². The minimum Gasteiger partial charge on any atom is -0.403 e. The van der Waals surface area contributed by atoms with E-state index in [4.69, 9.17) is 16.0 Å². The van der Waals surface area contributed by atoms with E-state index in [1.165, 1.54) is 0 Å². The molecule has 3 aromatic carbocycles. The van der Waals surface area contributed by atoms with Gasteiger partial charge in [0, 0.05) is 10.6 Å². The lowest BCUT2D eigenvalue weighted by atomic mass is 10.1. The number of nitrogens with zero attached hydrogens (tertiary/aromatic N) is 2. The molecule has 1 heterocycles. The fourth-order valence-corrected chi connectivity index (χ4v) is 2.90. The van der Waals surface area contributed by atoms with Gasteiger partial charge >= 0.3 is 6.01 Å². The number of nitrogens with one attached hydrogen (secondary N) is 1. The molecule has 0 spiro atoms. The molecule has 5 nitrogen and oxygen atoms in total. The van der Waals surface area contributed by atoms with Crippen LogP contribution in [0.4, 0.5) is 6.01 Å². The lowest BCUT2D eigenvalue weighted by molar-refractivity contribution is -0.115. The highest BCUT2D eigenvalue weighted by Crippen LogP contribution is 2.23. The van der Waals surface area contributed by atoms with Crippen molar-refractivity contribution in [2.75, 3.05) is 5.32 Å². The summed E-state index contributed by atoms with van der Waals surface area (Å²) in [7, 11) is 0. The van der Waals surface area contributed by atoms with Crippen LogP contribution >= 0.6 is 11.6 Å². The van der Waals surface area contributed by atoms with Crippen LogP contribution in [0.1, 0.15) is 5.56 Å². The molecule has 1 aromatic heterocycles. The number of halogens is 1. The SMILES string of the molecule is O=C(Cc1ccc2ccccc2c1)Nc1nnc(-c2cccc(Cl)c2)o1. The molecule has 1 amide bonds. The van der Waals surface area contributed by atoms with Crippen LogP contribution in [0.3, 0.4) is 0 Å². The van der Waals surface area contributed by atoms with Crippen LogP contribution in [0.2, 0.25) is 5.02 Å². The van der Waals surface area contributed by atoms with Crippen LogP contribution in [-0.4, -0.2) is 16.1 Å². The van der Waals surface area contributed by atoms with Gasteiger partial charge in [-0.1, -0.05) is 65.2 Å². The number of benzene rings is 3. The zero-order chi connectivity index (χ0) is 17.9. The van der Waals surface area contributed by atoms with Gasteiger partial charge in [0.25, 0.3) is 0 Å². The second-order valence-corrected chi connectivity index (χ2v) is 6.27. The molecule has 0 saturated carbocycles. The Bertz CT molecular complexity index is 1090. The average molecular weight is 364 g/mol. The molecule has 0 aliphatic carbocycles. The van der Waals surface area contributed by atoms with Gasteiger partial charge in [-0.15, -0.1) is 5.10 Å². The smallest absolute Gasteiger partial charge is 0.322 e. The summed E-state index contributed by atoms with van der Waals surface area (Å²) in [6.07, 6.45) is 0.222. The van der Waals surface area contributed by atoms with Gasteiger partial charge < -0.3 is 4.42 Å². The minimum absolute atomic E-state index is 0.0609. The Kier molecular flexibility index (Phi) is 4.37. The third-order valence-corrected chi connectivity index (χ3v) is 4.16. The van der Waals surface area contributed by atoms with Crippen LogP contribution in [-0.2, 0) is 11.2 Å². The molecule has 128 valence electrons. The molecule has 0 bridgehead atoms. The topological polar surface area (TPSA) is 68.0 Å². The fraction of sp³-hybridized carbons (Fsp3) is 0.0500. The Morgan fingerprint density at radius 1 is 0.962 bits per heavy atom. The molecule has 0 radical (unpaired) electrons. The second-order valence-electron chi connectivity index (χ2n) is 5.83. The standard InChI is InChI=1S/C20H14ClN3O2/c21-17-7-3-6-16(12-17)19-23-24-20(26-19)22-18(25)11-13-8-9-14-4-1-2-5-15(14)10-13/h1-10,12H,11H2,(H,22,24,25). The molecule has 6 heteroatoms. The maximum atomic E-state index is 12.3. The molecule has 0 unspecified atom stereocenters. The number of fused-ring (bicyclic) bond motifs is 1. The summed E-state index contributed by atoms with van der Waals surface area (Å²) in [5.41, 5.74) is 1.61. The largest absolute Gasteiger partial charge is 0.403 e. The summed E-state index contributed by atoms with van der Waals surface area (Å²) < 4.78 is 5.49. The molecule has 4 aromatic rings. The fourth-order valence-electron chi connectivity index (χ4n) is 2.71. The summed E-state index contributed by atoms with van der Waals surface area (Å²) in [6.45, 7) is 0. The first-order valence-corrected chi connectivity index (χ1v) is 8.42. The Morgan fingerprint density at radius 3 is 2.65 bits per heavy atom. The Labute approximate surface area is 154 Å². The van der Waals surface area contributed by atoms with Gasteiger partial charge in [-0.3, -0.25) is 10.1 Å². The first-order chi connectivity index (χ1) is 12.7. The Hall–Kier alpha value is -3.18. The summed E-state index contributed by atoms with van der Waals surface area (Å²) in [6, 6.07) is 21.1. The molecule has 1 N–H and O–H groups in total. The number of amides is 1. The predicted molar refractivity (Wildman–Crippen MR) is 101 cm³/mol. The first-order valence-electron chi connectivity index (χ1n) is 8.04. The third kappa shape index (κ3) is 3.58. The van der Waals surface area contributed by atoms with Crippen molar-refractivity contribution < 1.29 is 9.21 Å². The summed E-state index contributed by atoms with van der Waals surface area (Å²) in [5.74, 6) is 0.0788. The van der Waals surface area contributed by atoms with E-state index in [1.54, 1.807) is 24.3 Å². The van der Waals surface area contributed by atoms with E-state index in [0.29, 0.717) is 16.5 Å². The van der Waals surface area contributed by atoms with Gasteiger partial charge in [-0.2, -0.15) is 0 Å². The Balaban J connectivity index is 1.46. The van der Waals surface area contributed by atoms with Crippen LogP contribution < -0.4 is 5.32 Å². The lowest BCUT2D eigenvalue weighted by Crippen LogP contribution is -2.14. The normalized spacial score (nSPS) is 10.8. The highest BCUT2D eigenvalue weighted by molar-refractivity contribution is 6.30. The molecule has 0 aliphatic heterocycles. The van der Waals surface area contributed by atoms with Crippen LogP contribution in [0.15, 0.2) is 71.1 Å². The van der Waals surface area contributed by atoms with Gasteiger partial charge in [0.15, 0.2) is 0 Å². The van der Waals surface area contributed by atoms with Crippen molar-refractivity contribution >= 4 is 34.3 Å². The average Bonchev–Trinajstić information content (AvgIpc) is 3.10. The number of carbonyl (C=O) groups excluding carboxylic acids is 1. The van der Waals surface area contributed by atoms with Gasteiger partial charge in [-0.05, 0) is 34.5 Å². The molecule has 0 saturated heterocycles.